The molecule has 0 fully saturated rings. The van der Waals surface area contributed by atoms with Crippen LogP contribution in [-0.4, -0.2) is 23.0 Å². The first-order chi connectivity index (χ1) is 14.2. The van der Waals surface area contributed by atoms with Crippen molar-refractivity contribution in [2.45, 2.75) is 0 Å². The van der Waals surface area contributed by atoms with E-state index in [0.29, 0.717) is 17.1 Å². The Labute approximate surface area is 169 Å². The molecule has 1 N–H and O–H groups in total. The molecular weight excluding hydrogens is 362 g/mol. The minimum Gasteiger partial charge on any atom is -0.481 e. The number of nitrogens with zero attached hydrogens (tertiary/aromatic N) is 2. The lowest BCUT2D eigenvalue weighted by Gasteiger charge is -2.08. The fraction of sp³-hybridized carbons (Fsp3) is 0.0417. The zero-order chi connectivity index (χ0) is 20.1. The van der Waals surface area contributed by atoms with Crippen molar-refractivity contribution in [3.8, 4) is 28.1 Å². The predicted octanol–water partition coefficient (Wildman–Crippen LogP) is 5.07. The number of methoxy groups -OCH3 is 1. The number of benzene rings is 2. The number of carbonyl (C=O) groups is 1. The summed E-state index contributed by atoms with van der Waals surface area (Å²) in [7, 11) is 1.55. The molecule has 5 heteroatoms. The molecule has 1 amide bonds. The number of pyridine rings is 2. The molecule has 2 aromatic carbocycles. The third kappa shape index (κ3) is 4.30. The van der Waals surface area contributed by atoms with E-state index in [1.807, 2.05) is 36.4 Å². The molecule has 4 aromatic rings. The van der Waals surface area contributed by atoms with Gasteiger partial charge in [0.05, 0.1) is 24.6 Å². The largest absolute Gasteiger partial charge is 0.481 e. The predicted molar refractivity (Wildman–Crippen MR) is 114 cm³/mol. The monoisotopic (exact) mass is 381 g/mol. The van der Waals surface area contributed by atoms with Gasteiger partial charge in [-0.05, 0) is 28.8 Å². The summed E-state index contributed by atoms with van der Waals surface area (Å²) in [5, 5.41) is 2.82. The number of aromatic nitrogens is 2. The maximum atomic E-state index is 12.6. The number of ether oxygens (including phenoxy) is 1. The molecule has 0 atom stereocenters. The van der Waals surface area contributed by atoms with Crippen LogP contribution in [0, 0.1) is 0 Å². The van der Waals surface area contributed by atoms with Crippen LogP contribution in [0.15, 0.2) is 91.4 Å². The van der Waals surface area contributed by atoms with Gasteiger partial charge in [-0.2, -0.15) is 0 Å². The summed E-state index contributed by atoms with van der Waals surface area (Å²) in [6.45, 7) is 0. The summed E-state index contributed by atoms with van der Waals surface area (Å²) in [4.78, 5) is 20.9. The van der Waals surface area contributed by atoms with Gasteiger partial charge >= 0.3 is 0 Å². The third-order valence-corrected chi connectivity index (χ3v) is 4.53. The van der Waals surface area contributed by atoms with E-state index in [0.717, 1.165) is 16.7 Å². The van der Waals surface area contributed by atoms with Crippen LogP contribution in [0.5, 0.6) is 5.88 Å². The Morgan fingerprint density at radius 2 is 1.48 bits per heavy atom. The van der Waals surface area contributed by atoms with Crippen LogP contribution < -0.4 is 10.1 Å². The molecule has 0 unspecified atom stereocenters. The van der Waals surface area contributed by atoms with Gasteiger partial charge in [-0.25, -0.2) is 4.98 Å². The Kier molecular flexibility index (Phi) is 5.29. The maximum Gasteiger partial charge on any atom is 0.257 e. The molecule has 4 rings (SSSR count). The Bertz CT molecular complexity index is 1110. The second-order valence-electron chi connectivity index (χ2n) is 6.45. The van der Waals surface area contributed by atoms with Crippen LogP contribution in [0.1, 0.15) is 10.4 Å². The lowest BCUT2D eigenvalue weighted by Crippen LogP contribution is -2.12. The quantitative estimate of drug-likeness (QED) is 0.524. The van der Waals surface area contributed by atoms with E-state index in [1.165, 1.54) is 5.56 Å². The van der Waals surface area contributed by atoms with E-state index in [-0.39, 0.29) is 5.91 Å². The molecule has 0 aliphatic rings. The highest BCUT2D eigenvalue weighted by molar-refractivity contribution is 6.04. The molecule has 0 saturated heterocycles. The summed E-state index contributed by atoms with van der Waals surface area (Å²) in [6, 6.07) is 23.7. The molecule has 0 aliphatic heterocycles. The third-order valence-electron chi connectivity index (χ3n) is 4.53. The molecule has 2 aromatic heterocycles. The van der Waals surface area contributed by atoms with Crippen molar-refractivity contribution < 1.29 is 9.53 Å². The van der Waals surface area contributed by atoms with E-state index in [4.69, 9.17) is 4.74 Å². The molecule has 0 radical (unpaired) electrons. The lowest BCUT2D eigenvalue weighted by molar-refractivity contribution is 0.102. The summed E-state index contributed by atoms with van der Waals surface area (Å²) in [6.07, 6.45) is 4.85. The van der Waals surface area contributed by atoms with Crippen LogP contribution in [0.3, 0.4) is 0 Å². The molecule has 29 heavy (non-hydrogen) atoms. The summed E-state index contributed by atoms with van der Waals surface area (Å²) < 4.78 is 5.03. The topological polar surface area (TPSA) is 64.1 Å². The van der Waals surface area contributed by atoms with E-state index >= 15 is 0 Å². The highest BCUT2D eigenvalue weighted by Crippen LogP contribution is 2.25. The van der Waals surface area contributed by atoms with Crippen molar-refractivity contribution in [1.29, 1.82) is 0 Å². The van der Waals surface area contributed by atoms with Gasteiger partial charge in [0.1, 0.15) is 0 Å². The van der Waals surface area contributed by atoms with E-state index < -0.39 is 0 Å². The number of rotatable bonds is 5. The first-order valence-corrected chi connectivity index (χ1v) is 9.15. The molecule has 2 heterocycles. The first kappa shape index (κ1) is 18.4. The molecule has 0 bridgehead atoms. The van der Waals surface area contributed by atoms with Crippen molar-refractivity contribution in [3.05, 3.63) is 97.0 Å². The van der Waals surface area contributed by atoms with Gasteiger partial charge < -0.3 is 10.1 Å². The highest BCUT2D eigenvalue weighted by Gasteiger charge is 2.09. The Hall–Kier alpha value is -3.99. The molecule has 142 valence electrons. The summed E-state index contributed by atoms with van der Waals surface area (Å²) >= 11 is 0. The average molecular weight is 381 g/mol. The van der Waals surface area contributed by atoms with Crippen molar-refractivity contribution in [2.75, 3.05) is 12.4 Å². The molecule has 0 aliphatic carbocycles. The lowest BCUT2D eigenvalue weighted by atomic mass is 10.0. The van der Waals surface area contributed by atoms with Crippen molar-refractivity contribution in [3.63, 3.8) is 0 Å². The first-order valence-electron chi connectivity index (χ1n) is 9.15. The second-order valence-corrected chi connectivity index (χ2v) is 6.45. The van der Waals surface area contributed by atoms with Crippen LogP contribution in [-0.2, 0) is 0 Å². The Morgan fingerprint density at radius 1 is 0.793 bits per heavy atom. The number of carbonyl (C=O) groups excluding carboxylic acids is 1. The molecule has 0 spiro atoms. The van der Waals surface area contributed by atoms with Crippen LogP contribution >= 0.6 is 0 Å². The fourth-order valence-corrected chi connectivity index (χ4v) is 2.99. The van der Waals surface area contributed by atoms with Gasteiger partial charge in [0.15, 0.2) is 0 Å². The van der Waals surface area contributed by atoms with Gasteiger partial charge in [0.2, 0.25) is 5.88 Å². The molecule has 5 nitrogen and oxygen atoms in total. The summed E-state index contributed by atoms with van der Waals surface area (Å²) in [5.41, 5.74) is 5.25. The SMILES string of the molecule is COc1ccc(NC(=O)c2cncc(-c3ccc(-c4ccccc4)cc3)c2)cn1. The van der Waals surface area contributed by atoms with E-state index in [1.54, 1.807) is 37.8 Å². The zero-order valence-electron chi connectivity index (χ0n) is 15.9. The summed E-state index contributed by atoms with van der Waals surface area (Å²) in [5.74, 6) is 0.248. The second kappa shape index (κ2) is 8.35. The van der Waals surface area contributed by atoms with Crippen molar-refractivity contribution >= 4 is 11.6 Å². The Balaban J connectivity index is 1.52. The van der Waals surface area contributed by atoms with Gasteiger partial charge in [0, 0.05) is 24.0 Å². The smallest absolute Gasteiger partial charge is 0.257 e. The number of nitrogens with one attached hydrogen (secondary N) is 1. The Morgan fingerprint density at radius 3 is 2.14 bits per heavy atom. The van der Waals surface area contributed by atoms with Crippen LogP contribution in [0.25, 0.3) is 22.3 Å². The molecule has 0 saturated carbocycles. The number of anilines is 1. The average Bonchev–Trinajstić information content (AvgIpc) is 2.80. The zero-order valence-corrected chi connectivity index (χ0v) is 15.9. The number of amides is 1. The van der Waals surface area contributed by atoms with Gasteiger partial charge in [-0.15, -0.1) is 0 Å². The normalized spacial score (nSPS) is 10.4. The van der Waals surface area contributed by atoms with Crippen molar-refractivity contribution in [2.24, 2.45) is 0 Å². The standard InChI is InChI=1S/C24H19N3O2/c1-29-23-12-11-22(16-26-23)27-24(28)21-13-20(14-25-15-21)19-9-7-18(8-10-19)17-5-3-2-4-6-17/h2-16H,1H3,(H,27,28). The van der Waals surface area contributed by atoms with Gasteiger partial charge in [-0.1, -0.05) is 54.6 Å². The number of hydrogen-bond donors (Lipinski definition) is 1. The van der Waals surface area contributed by atoms with E-state index in [2.05, 4.69) is 39.6 Å². The van der Waals surface area contributed by atoms with Gasteiger partial charge in [0.25, 0.3) is 5.91 Å². The minimum atomic E-state index is -0.243. The van der Waals surface area contributed by atoms with Crippen molar-refractivity contribution in [1.82, 2.24) is 9.97 Å². The highest BCUT2D eigenvalue weighted by atomic mass is 16.5. The van der Waals surface area contributed by atoms with Crippen LogP contribution in [0.2, 0.25) is 0 Å². The minimum absolute atomic E-state index is 0.243. The van der Waals surface area contributed by atoms with Crippen LogP contribution in [0.4, 0.5) is 5.69 Å². The maximum absolute atomic E-state index is 12.6. The molecular formula is C24H19N3O2. The fourth-order valence-electron chi connectivity index (χ4n) is 2.99. The number of hydrogen-bond acceptors (Lipinski definition) is 4. The van der Waals surface area contributed by atoms with E-state index in [9.17, 15) is 4.79 Å². The van der Waals surface area contributed by atoms with Gasteiger partial charge in [-0.3, -0.25) is 9.78 Å².